The summed E-state index contributed by atoms with van der Waals surface area (Å²) in [5.41, 5.74) is 2.15. The Morgan fingerprint density at radius 3 is 3.07 bits per heavy atom. The zero-order valence-corrected chi connectivity index (χ0v) is 9.77. The fourth-order valence-electron chi connectivity index (χ4n) is 1.20. The molecule has 2 aromatic rings. The second-order valence-electron chi connectivity index (χ2n) is 3.08. The standard InChI is InChI=1S/C10H10N2OS2/c1-7(9-3-2-4-15-9)12-10(13)8-5-14-6-11-8/h2-7H,1H3,(H,12,13). The van der Waals surface area contributed by atoms with Crippen LogP contribution < -0.4 is 5.32 Å². The Bertz CT molecular complexity index is 422. The molecule has 0 aliphatic rings. The van der Waals surface area contributed by atoms with Crippen LogP contribution in [0.3, 0.4) is 0 Å². The topological polar surface area (TPSA) is 42.0 Å². The highest BCUT2D eigenvalue weighted by Crippen LogP contribution is 2.18. The second-order valence-corrected chi connectivity index (χ2v) is 4.78. The van der Waals surface area contributed by atoms with Crippen molar-refractivity contribution in [1.82, 2.24) is 10.3 Å². The summed E-state index contributed by atoms with van der Waals surface area (Å²) in [4.78, 5) is 16.8. The van der Waals surface area contributed by atoms with E-state index in [0.717, 1.165) is 4.88 Å². The Hall–Kier alpha value is -1.20. The number of amides is 1. The van der Waals surface area contributed by atoms with Gasteiger partial charge in [0.05, 0.1) is 11.6 Å². The van der Waals surface area contributed by atoms with E-state index in [1.54, 1.807) is 22.2 Å². The highest BCUT2D eigenvalue weighted by molar-refractivity contribution is 7.10. The quantitative estimate of drug-likeness (QED) is 0.893. The fourth-order valence-corrected chi connectivity index (χ4v) is 2.47. The third-order valence-corrected chi connectivity index (χ3v) is 3.62. The van der Waals surface area contributed by atoms with Crippen LogP contribution in [0, 0.1) is 0 Å². The lowest BCUT2D eigenvalue weighted by Crippen LogP contribution is -2.26. The number of thiazole rings is 1. The normalized spacial score (nSPS) is 12.3. The van der Waals surface area contributed by atoms with Crippen molar-refractivity contribution in [1.29, 1.82) is 0 Å². The molecule has 1 amide bonds. The number of hydrogen-bond acceptors (Lipinski definition) is 4. The third kappa shape index (κ3) is 2.43. The minimum Gasteiger partial charge on any atom is -0.343 e. The average Bonchev–Trinajstić information content (AvgIpc) is 2.91. The van der Waals surface area contributed by atoms with E-state index in [9.17, 15) is 4.79 Å². The van der Waals surface area contributed by atoms with E-state index >= 15 is 0 Å². The lowest BCUT2D eigenvalue weighted by Gasteiger charge is -2.10. The molecule has 1 atom stereocenters. The molecule has 1 N–H and O–H groups in total. The Morgan fingerprint density at radius 1 is 1.60 bits per heavy atom. The first-order chi connectivity index (χ1) is 7.27. The minimum absolute atomic E-state index is 0.0409. The van der Waals surface area contributed by atoms with Crippen LogP contribution in [-0.2, 0) is 0 Å². The predicted octanol–water partition coefficient (Wildman–Crippen LogP) is 2.70. The van der Waals surface area contributed by atoms with E-state index in [2.05, 4.69) is 10.3 Å². The Labute approximate surface area is 95.8 Å². The first-order valence-electron chi connectivity index (χ1n) is 4.50. The van der Waals surface area contributed by atoms with Gasteiger partial charge in [-0.15, -0.1) is 22.7 Å². The molecular weight excluding hydrogens is 228 g/mol. The van der Waals surface area contributed by atoms with E-state index < -0.39 is 0 Å². The van der Waals surface area contributed by atoms with Crippen molar-refractivity contribution in [2.24, 2.45) is 0 Å². The van der Waals surface area contributed by atoms with Crippen molar-refractivity contribution in [3.63, 3.8) is 0 Å². The number of carbonyl (C=O) groups excluding carboxylic acids is 1. The maximum atomic E-state index is 11.6. The molecule has 0 saturated carbocycles. The van der Waals surface area contributed by atoms with Crippen molar-refractivity contribution < 1.29 is 4.79 Å². The van der Waals surface area contributed by atoms with Gasteiger partial charge in [0.15, 0.2) is 0 Å². The fraction of sp³-hybridized carbons (Fsp3) is 0.200. The number of hydrogen-bond donors (Lipinski definition) is 1. The van der Waals surface area contributed by atoms with Gasteiger partial charge in [0, 0.05) is 10.3 Å². The summed E-state index contributed by atoms with van der Waals surface area (Å²) in [5, 5.41) is 6.65. The van der Waals surface area contributed by atoms with Crippen molar-refractivity contribution in [2.45, 2.75) is 13.0 Å². The van der Waals surface area contributed by atoms with Gasteiger partial charge in [0.2, 0.25) is 0 Å². The molecule has 15 heavy (non-hydrogen) atoms. The van der Waals surface area contributed by atoms with E-state index in [0.29, 0.717) is 5.69 Å². The highest BCUT2D eigenvalue weighted by Gasteiger charge is 2.12. The van der Waals surface area contributed by atoms with Gasteiger partial charge in [0.25, 0.3) is 5.91 Å². The first kappa shape index (κ1) is 10.3. The molecule has 0 fully saturated rings. The van der Waals surface area contributed by atoms with Gasteiger partial charge in [-0.2, -0.15) is 0 Å². The SMILES string of the molecule is CC(NC(=O)c1cscn1)c1cccs1. The summed E-state index contributed by atoms with van der Waals surface area (Å²) in [6.45, 7) is 1.97. The zero-order chi connectivity index (χ0) is 10.7. The minimum atomic E-state index is -0.114. The van der Waals surface area contributed by atoms with Gasteiger partial charge in [-0.05, 0) is 18.4 Å². The largest absolute Gasteiger partial charge is 0.343 e. The molecule has 0 bridgehead atoms. The van der Waals surface area contributed by atoms with Crippen LogP contribution in [-0.4, -0.2) is 10.9 Å². The van der Waals surface area contributed by atoms with E-state index in [-0.39, 0.29) is 11.9 Å². The summed E-state index contributed by atoms with van der Waals surface area (Å²) < 4.78 is 0. The van der Waals surface area contributed by atoms with Crippen LogP contribution in [0.4, 0.5) is 0 Å². The molecule has 5 heteroatoms. The van der Waals surface area contributed by atoms with E-state index in [4.69, 9.17) is 0 Å². The summed E-state index contributed by atoms with van der Waals surface area (Å²) in [6, 6.07) is 4.03. The molecule has 0 radical (unpaired) electrons. The average molecular weight is 238 g/mol. The van der Waals surface area contributed by atoms with Gasteiger partial charge in [-0.25, -0.2) is 4.98 Å². The maximum Gasteiger partial charge on any atom is 0.271 e. The number of thiophene rings is 1. The molecule has 0 aliphatic carbocycles. The molecule has 3 nitrogen and oxygen atoms in total. The van der Waals surface area contributed by atoms with Crippen LogP contribution in [0.25, 0.3) is 0 Å². The van der Waals surface area contributed by atoms with Crippen molar-refractivity contribution >= 4 is 28.6 Å². The highest BCUT2D eigenvalue weighted by atomic mass is 32.1. The molecule has 2 rings (SSSR count). The van der Waals surface area contributed by atoms with Crippen LogP contribution in [0.15, 0.2) is 28.4 Å². The summed E-state index contributed by atoms with van der Waals surface area (Å²) in [7, 11) is 0. The number of nitrogens with one attached hydrogen (secondary N) is 1. The van der Waals surface area contributed by atoms with E-state index in [1.807, 2.05) is 24.4 Å². The zero-order valence-electron chi connectivity index (χ0n) is 8.14. The van der Waals surface area contributed by atoms with Crippen LogP contribution in [0.1, 0.15) is 28.3 Å². The lowest BCUT2D eigenvalue weighted by atomic mass is 10.2. The molecule has 0 aliphatic heterocycles. The molecule has 0 spiro atoms. The Kier molecular flexibility index (Phi) is 3.13. The Balaban J connectivity index is 2.01. The van der Waals surface area contributed by atoms with E-state index in [1.165, 1.54) is 11.3 Å². The first-order valence-corrected chi connectivity index (χ1v) is 6.32. The van der Waals surface area contributed by atoms with Crippen molar-refractivity contribution in [3.8, 4) is 0 Å². The number of nitrogens with zero attached hydrogens (tertiary/aromatic N) is 1. The molecule has 1 unspecified atom stereocenters. The Morgan fingerprint density at radius 2 is 2.47 bits per heavy atom. The number of aromatic nitrogens is 1. The summed E-state index contributed by atoms with van der Waals surface area (Å²) in [5.74, 6) is -0.114. The van der Waals surface area contributed by atoms with Gasteiger partial charge >= 0.3 is 0 Å². The smallest absolute Gasteiger partial charge is 0.271 e. The molecule has 0 saturated heterocycles. The van der Waals surface area contributed by atoms with Crippen LogP contribution in [0.2, 0.25) is 0 Å². The van der Waals surface area contributed by atoms with Gasteiger partial charge < -0.3 is 5.32 Å². The van der Waals surface area contributed by atoms with Crippen molar-refractivity contribution in [3.05, 3.63) is 39.0 Å². The molecule has 0 aromatic carbocycles. The van der Waals surface area contributed by atoms with Gasteiger partial charge in [0.1, 0.15) is 5.69 Å². The third-order valence-electron chi connectivity index (χ3n) is 1.98. The molecular formula is C10H10N2OS2. The molecule has 2 heterocycles. The summed E-state index contributed by atoms with van der Waals surface area (Å²) >= 11 is 3.06. The van der Waals surface area contributed by atoms with Gasteiger partial charge in [-0.3, -0.25) is 4.79 Å². The predicted molar refractivity (Wildman–Crippen MR) is 62.3 cm³/mol. The molecule has 78 valence electrons. The molecule has 2 aromatic heterocycles. The summed E-state index contributed by atoms with van der Waals surface area (Å²) in [6.07, 6.45) is 0. The maximum absolute atomic E-state index is 11.6. The lowest BCUT2D eigenvalue weighted by molar-refractivity contribution is 0.0936. The number of carbonyl (C=O) groups is 1. The van der Waals surface area contributed by atoms with Crippen molar-refractivity contribution in [2.75, 3.05) is 0 Å². The van der Waals surface area contributed by atoms with Crippen LogP contribution >= 0.6 is 22.7 Å². The van der Waals surface area contributed by atoms with Gasteiger partial charge in [-0.1, -0.05) is 6.07 Å². The van der Waals surface area contributed by atoms with Crippen LogP contribution in [0.5, 0.6) is 0 Å². The number of rotatable bonds is 3. The monoisotopic (exact) mass is 238 g/mol. The second kappa shape index (κ2) is 4.55.